The maximum atomic E-state index is 9.31. The van der Waals surface area contributed by atoms with Gasteiger partial charge in [-0.3, -0.25) is 0 Å². The Hall–Kier alpha value is -2.24. The van der Waals surface area contributed by atoms with Gasteiger partial charge in [-0.15, -0.1) is 0 Å². The molecule has 2 N–H and O–H groups in total. The molecule has 2 aromatic rings. The molecule has 2 atom stereocenters. The van der Waals surface area contributed by atoms with Crippen molar-refractivity contribution in [1.82, 2.24) is 0 Å². The number of unbranched alkanes of at least 4 members (excludes halogenated alkanes) is 2. The molecule has 0 aliphatic heterocycles. The van der Waals surface area contributed by atoms with Crippen LogP contribution < -0.4 is 14.2 Å². The van der Waals surface area contributed by atoms with Gasteiger partial charge < -0.3 is 24.4 Å². The van der Waals surface area contributed by atoms with E-state index in [-0.39, 0.29) is 12.2 Å². The van der Waals surface area contributed by atoms with Crippen LogP contribution in [0.5, 0.6) is 17.2 Å². The van der Waals surface area contributed by atoms with Crippen molar-refractivity contribution in [1.29, 1.82) is 0 Å². The highest BCUT2D eigenvalue weighted by molar-refractivity contribution is 5.67. The van der Waals surface area contributed by atoms with Crippen molar-refractivity contribution in [3.8, 4) is 28.4 Å². The van der Waals surface area contributed by atoms with E-state index in [0.717, 1.165) is 61.2 Å². The largest absolute Gasteiger partial charge is 0.494 e. The first-order valence-corrected chi connectivity index (χ1v) is 10.9. The second kappa shape index (κ2) is 13.1. The van der Waals surface area contributed by atoms with Gasteiger partial charge >= 0.3 is 0 Å². The van der Waals surface area contributed by atoms with Gasteiger partial charge in [0.05, 0.1) is 32.5 Å². The van der Waals surface area contributed by atoms with E-state index in [4.69, 9.17) is 14.2 Å². The fourth-order valence-electron chi connectivity index (χ4n) is 3.17. The van der Waals surface area contributed by atoms with E-state index in [2.05, 4.69) is 0 Å². The summed E-state index contributed by atoms with van der Waals surface area (Å²) in [4.78, 5) is 0. The van der Waals surface area contributed by atoms with E-state index in [9.17, 15) is 10.2 Å². The molecule has 5 nitrogen and oxygen atoms in total. The summed E-state index contributed by atoms with van der Waals surface area (Å²) in [5.41, 5.74) is 2.13. The Morgan fingerprint density at radius 2 is 1.27 bits per heavy atom. The van der Waals surface area contributed by atoms with Gasteiger partial charge in [0.25, 0.3) is 0 Å². The fraction of sp³-hybridized carbons (Fsp3) is 0.520. The predicted octanol–water partition coefficient (Wildman–Crippen LogP) is 5.22. The topological polar surface area (TPSA) is 68.2 Å². The Bertz CT molecular complexity index is 725. The molecule has 30 heavy (non-hydrogen) atoms. The van der Waals surface area contributed by atoms with Crippen LogP contribution in [-0.4, -0.2) is 42.7 Å². The maximum Gasteiger partial charge on any atom is 0.161 e. The Morgan fingerprint density at radius 1 is 0.700 bits per heavy atom. The normalized spacial score (nSPS) is 13.0. The number of hydrogen-bond acceptors (Lipinski definition) is 5. The molecular formula is C25H36O5. The Kier molecular flexibility index (Phi) is 10.5. The lowest BCUT2D eigenvalue weighted by atomic mass is 10.0. The highest BCUT2D eigenvalue weighted by Gasteiger charge is 2.08. The SMILES string of the molecule is COc1cc(-c2ccc(OCCCCC(C)O)cc2)ccc1OCCCCC(C)O. The molecule has 0 aliphatic carbocycles. The molecule has 0 amide bonds. The molecule has 0 aliphatic rings. The smallest absolute Gasteiger partial charge is 0.161 e. The highest BCUT2D eigenvalue weighted by Crippen LogP contribution is 2.33. The predicted molar refractivity (Wildman–Crippen MR) is 120 cm³/mol. The van der Waals surface area contributed by atoms with Crippen LogP contribution in [0, 0.1) is 0 Å². The number of ether oxygens (including phenoxy) is 3. The van der Waals surface area contributed by atoms with Crippen molar-refractivity contribution in [3.63, 3.8) is 0 Å². The first-order valence-electron chi connectivity index (χ1n) is 10.9. The molecule has 166 valence electrons. The minimum atomic E-state index is -0.259. The number of rotatable bonds is 14. The molecule has 2 aromatic carbocycles. The van der Waals surface area contributed by atoms with Crippen LogP contribution in [0.2, 0.25) is 0 Å². The minimum absolute atomic E-state index is 0.242. The third kappa shape index (κ3) is 8.64. The van der Waals surface area contributed by atoms with Crippen molar-refractivity contribution in [2.75, 3.05) is 20.3 Å². The fourth-order valence-corrected chi connectivity index (χ4v) is 3.17. The lowest BCUT2D eigenvalue weighted by Gasteiger charge is -2.13. The summed E-state index contributed by atoms with van der Waals surface area (Å²) < 4.78 is 17.1. The van der Waals surface area contributed by atoms with Gasteiger partial charge in [-0.1, -0.05) is 18.2 Å². The average molecular weight is 417 g/mol. The lowest BCUT2D eigenvalue weighted by Crippen LogP contribution is -2.03. The summed E-state index contributed by atoms with van der Waals surface area (Å²) in [6.07, 6.45) is 4.84. The standard InChI is InChI=1S/C25H36O5/c1-19(26)8-4-6-16-29-23-13-10-21(11-14-23)22-12-15-24(25(18-22)28-3)30-17-7-5-9-20(2)27/h10-15,18-20,26-27H,4-9,16-17H2,1-3H3. The summed E-state index contributed by atoms with van der Waals surface area (Å²) in [6.45, 7) is 4.88. The van der Waals surface area contributed by atoms with Crippen LogP contribution in [0.4, 0.5) is 0 Å². The van der Waals surface area contributed by atoms with Gasteiger partial charge in [-0.05, 0) is 87.8 Å². The zero-order chi connectivity index (χ0) is 21.8. The van der Waals surface area contributed by atoms with Gasteiger partial charge in [0, 0.05) is 0 Å². The third-order valence-electron chi connectivity index (χ3n) is 4.91. The van der Waals surface area contributed by atoms with Gasteiger partial charge in [0.2, 0.25) is 0 Å². The zero-order valence-corrected chi connectivity index (χ0v) is 18.5. The van der Waals surface area contributed by atoms with Crippen LogP contribution in [-0.2, 0) is 0 Å². The second-order valence-corrected chi connectivity index (χ2v) is 7.78. The van der Waals surface area contributed by atoms with Gasteiger partial charge in [-0.25, -0.2) is 0 Å². The Morgan fingerprint density at radius 3 is 1.83 bits per heavy atom. The number of aliphatic hydroxyl groups excluding tert-OH is 2. The van der Waals surface area contributed by atoms with Crippen LogP contribution >= 0.6 is 0 Å². The summed E-state index contributed by atoms with van der Waals surface area (Å²) in [5, 5.41) is 18.6. The number of methoxy groups -OCH3 is 1. The van der Waals surface area contributed by atoms with E-state index in [1.165, 1.54) is 0 Å². The quantitative estimate of drug-likeness (QED) is 0.413. The van der Waals surface area contributed by atoms with Gasteiger partial charge in [0.15, 0.2) is 11.5 Å². The Labute approximate surface area is 180 Å². The molecule has 2 rings (SSSR count). The van der Waals surface area contributed by atoms with Gasteiger partial charge in [0.1, 0.15) is 5.75 Å². The molecule has 5 heteroatoms. The molecule has 0 heterocycles. The van der Waals surface area contributed by atoms with E-state index >= 15 is 0 Å². The van der Waals surface area contributed by atoms with Crippen molar-refractivity contribution in [2.45, 2.75) is 64.6 Å². The van der Waals surface area contributed by atoms with Crippen LogP contribution in [0.3, 0.4) is 0 Å². The van der Waals surface area contributed by atoms with Crippen molar-refractivity contribution < 1.29 is 24.4 Å². The average Bonchev–Trinajstić information content (AvgIpc) is 2.73. The van der Waals surface area contributed by atoms with Crippen LogP contribution in [0.25, 0.3) is 11.1 Å². The summed E-state index contributed by atoms with van der Waals surface area (Å²) in [7, 11) is 1.65. The summed E-state index contributed by atoms with van der Waals surface area (Å²) in [6, 6.07) is 14.0. The third-order valence-corrected chi connectivity index (χ3v) is 4.91. The molecule has 0 spiro atoms. The Balaban J connectivity index is 1.87. The van der Waals surface area contributed by atoms with Crippen molar-refractivity contribution in [3.05, 3.63) is 42.5 Å². The van der Waals surface area contributed by atoms with Crippen LogP contribution in [0.1, 0.15) is 52.4 Å². The number of hydrogen-bond donors (Lipinski definition) is 2. The molecular weight excluding hydrogens is 380 g/mol. The second-order valence-electron chi connectivity index (χ2n) is 7.78. The number of benzene rings is 2. The molecule has 2 unspecified atom stereocenters. The first kappa shape index (κ1) is 24.0. The molecule has 0 saturated heterocycles. The lowest BCUT2D eigenvalue weighted by molar-refractivity contribution is 0.176. The molecule has 0 fully saturated rings. The van der Waals surface area contributed by atoms with E-state index in [0.29, 0.717) is 19.0 Å². The van der Waals surface area contributed by atoms with E-state index < -0.39 is 0 Å². The van der Waals surface area contributed by atoms with E-state index in [1.807, 2.05) is 49.4 Å². The first-order chi connectivity index (χ1) is 14.5. The summed E-state index contributed by atoms with van der Waals surface area (Å²) >= 11 is 0. The van der Waals surface area contributed by atoms with Crippen LogP contribution in [0.15, 0.2) is 42.5 Å². The number of aliphatic hydroxyl groups is 2. The monoisotopic (exact) mass is 416 g/mol. The van der Waals surface area contributed by atoms with E-state index in [1.54, 1.807) is 14.0 Å². The zero-order valence-electron chi connectivity index (χ0n) is 18.5. The van der Waals surface area contributed by atoms with Crippen molar-refractivity contribution >= 4 is 0 Å². The highest BCUT2D eigenvalue weighted by atomic mass is 16.5. The van der Waals surface area contributed by atoms with Crippen molar-refractivity contribution in [2.24, 2.45) is 0 Å². The maximum absolute atomic E-state index is 9.31. The molecule has 0 bridgehead atoms. The summed E-state index contributed by atoms with van der Waals surface area (Å²) in [5.74, 6) is 2.29. The molecule has 0 radical (unpaired) electrons. The molecule has 0 saturated carbocycles. The minimum Gasteiger partial charge on any atom is -0.494 e. The molecule has 0 aromatic heterocycles. The van der Waals surface area contributed by atoms with Gasteiger partial charge in [-0.2, -0.15) is 0 Å².